The Balaban J connectivity index is 2.24. The highest BCUT2D eigenvalue weighted by atomic mass is 16.3. The van der Waals surface area contributed by atoms with Crippen molar-refractivity contribution in [2.75, 3.05) is 6.61 Å². The predicted molar refractivity (Wildman–Crippen MR) is 68.5 cm³/mol. The fraction of sp³-hybridized carbons (Fsp3) is 0.667. The Kier molecular flexibility index (Phi) is 3.26. The second-order valence-corrected chi connectivity index (χ2v) is 5.81. The molecule has 17 heavy (non-hydrogen) atoms. The number of aliphatic hydroxyl groups is 1. The van der Waals surface area contributed by atoms with Gasteiger partial charge in [0.15, 0.2) is 5.78 Å². The molecular weight excluding hydrogens is 212 g/mol. The van der Waals surface area contributed by atoms with Crippen LogP contribution < -0.4 is 0 Å². The molecule has 0 aliphatic heterocycles. The molecule has 2 rings (SSSR count). The predicted octanol–water partition coefficient (Wildman–Crippen LogP) is 2.88. The van der Waals surface area contributed by atoms with Crippen LogP contribution in [0.25, 0.3) is 0 Å². The molecule has 2 nitrogen and oxygen atoms in total. The Bertz CT molecular complexity index is 380. The second-order valence-electron chi connectivity index (χ2n) is 5.81. The van der Waals surface area contributed by atoms with Gasteiger partial charge in [-0.15, -0.1) is 0 Å². The molecule has 3 unspecified atom stereocenters. The van der Waals surface area contributed by atoms with Crippen molar-refractivity contribution in [1.29, 1.82) is 0 Å². The number of allylic oxidation sites excluding steroid dienone is 2. The minimum absolute atomic E-state index is 0.0941. The topological polar surface area (TPSA) is 37.3 Å². The molecule has 1 spiro atoms. The van der Waals surface area contributed by atoms with Gasteiger partial charge in [-0.3, -0.25) is 4.79 Å². The number of hydrogen-bond donors (Lipinski definition) is 1. The van der Waals surface area contributed by atoms with Gasteiger partial charge in [0.2, 0.25) is 0 Å². The smallest absolute Gasteiger partial charge is 0.155 e. The van der Waals surface area contributed by atoms with Crippen molar-refractivity contribution in [3.8, 4) is 0 Å². The standard InChI is InChI=1S/C15H22O2/c1-10(9-16)13-4-5-15(8-13)11(2)6-14(17)7-12(15)3/h6,12-13,16H,1,4-5,7-9H2,2-3H3. The van der Waals surface area contributed by atoms with Gasteiger partial charge in [0.1, 0.15) is 0 Å². The average Bonchev–Trinajstić information content (AvgIpc) is 2.71. The zero-order valence-corrected chi connectivity index (χ0v) is 10.8. The van der Waals surface area contributed by atoms with Crippen molar-refractivity contribution < 1.29 is 9.90 Å². The summed E-state index contributed by atoms with van der Waals surface area (Å²) in [6.07, 6.45) is 5.81. The molecule has 2 aliphatic rings. The summed E-state index contributed by atoms with van der Waals surface area (Å²) < 4.78 is 0. The van der Waals surface area contributed by atoms with Crippen molar-refractivity contribution in [3.63, 3.8) is 0 Å². The lowest BCUT2D eigenvalue weighted by atomic mass is 9.64. The van der Waals surface area contributed by atoms with Gasteiger partial charge in [-0.05, 0) is 55.1 Å². The lowest BCUT2D eigenvalue weighted by Crippen LogP contribution is -2.33. The van der Waals surface area contributed by atoms with E-state index < -0.39 is 0 Å². The fourth-order valence-corrected chi connectivity index (χ4v) is 3.69. The van der Waals surface area contributed by atoms with Crippen LogP contribution in [0.15, 0.2) is 23.8 Å². The number of hydrogen-bond acceptors (Lipinski definition) is 2. The lowest BCUT2D eigenvalue weighted by Gasteiger charge is -2.39. The van der Waals surface area contributed by atoms with Gasteiger partial charge in [0.05, 0.1) is 6.61 Å². The third-order valence-corrected chi connectivity index (χ3v) is 4.94. The highest BCUT2D eigenvalue weighted by molar-refractivity contribution is 5.91. The first kappa shape index (κ1) is 12.6. The van der Waals surface area contributed by atoms with E-state index >= 15 is 0 Å². The van der Waals surface area contributed by atoms with E-state index in [1.54, 1.807) is 0 Å². The normalized spacial score (nSPS) is 37.4. The van der Waals surface area contributed by atoms with Crippen LogP contribution in [0.3, 0.4) is 0 Å². The Morgan fingerprint density at radius 3 is 2.94 bits per heavy atom. The van der Waals surface area contributed by atoms with Crippen LogP contribution in [0, 0.1) is 17.3 Å². The van der Waals surface area contributed by atoms with Crippen molar-refractivity contribution in [1.82, 2.24) is 0 Å². The van der Waals surface area contributed by atoms with Gasteiger partial charge >= 0.3 is 0 Å². The van der Waals surface area contributed by atoms with Crippen LogP contribution in [0.5, 0.6) is 0 Å². The largest absolute Gasteiger partial charge is 0.392 e. The molecular formula is C15H22O2. The molecule has 1 fully saturated rings. The number of aliphatic hydroxyl groups excluding tert-OH is 1. The molecule has 1 saturated carbocycles. The summed E-state index contributed by atoms with van der Waals surface area (Å²) in [5.41, 5.74) is 2.39. The Morgan fingerprint density at radius 1 is 1.65 bits per heavy atom. The molecule has 2 heteroatoms. The molecule has 0 amide bonds. The van der Waals surface area contributed by atoms with Gasteiger partial charge < -0.3 is 5.11 Å². The van der Waals surface area contributed by atoms with Crippen LogP contribution in [0.1, 0.15) is 39.5 Å². The SMILES string of the molecule is C=C(CO)C1CCC2(C1)C(C)=CC(=O)CC2C. The molecule has 0 aromatic carbocycles. The maximum Gasteiger partial charge on any atom is 0.155 e. The molecule has 0 aromatic heterocycles. The van der Waals surface area contributed by atoms with Crippen molar-refractivity contribution in [2.45, 2.75) is 39.5 Å². The molecule has 3 atom stereocenters. The summed E-state index contributed by atoms with van der Waals surface area (Å²) in [6.45, 7) is 8.34. The van der Waals surface area contributed by atoms with Gasteiger partial charge in [-0.2, -0.15) is 0 Å². The third kappa shape index (κ3) is 1.99. The molecule has 0 radical (unpaired) electrons. The van der Waals surface area contributed by atoms with E-state index in [-0.39, 0.29) is 17.8 Å². The van der Waals surface area contributed by atoms with E-state index in [9.17, 15) is 9.90 Å². The zero-order valence-electron chi connectivity index (χ0n) is 10.8. The van der Waals surface area contributed by atoms with E-state index in [1.807, 2.05) is 6.08 Å². The van der Waals surface area contributed by atoms with Crippen molar-refractivity contribution >= 4 is 5.78 Å². The summed E-state index contributed by atoms with van der Waals surface area (Å²) in [5, 5.41) is 9.19. The molecule has 1 N–H and O–H groups in total. The van der Waals surface area contributed by atoms with Gasteiger partial charge in [0, 0.05) is 6.42 Å². The molecule has 2 aliphatic carbocycles. The molecule has 0 bridgehead atoms. The first-order valence-corrected chi connectivity index (χ1v) is 6.49. The molecule has 94 valence electrons. The van der Waals surface area contributed by atoms with Crippen LogP contribution in [0.2, 0.25) is 0 Å². The summed E-state index contributed by atoms with van der Waals surface area (Å²) in [4.78, 5) is 11.6. The van der Waals surface area contributed by atoms with Gasteiger partial charge in [0.25, 0.3) is 0 Å². The van der Waals surface area contributed by atoms with Crippen LogP contribution in [-0.4, -0.2) is 17.5 Å². The Labute approximate surface area is 103 Å². The first-order valence-electron chi connectivity index (χ1n) is 6.49. The Hall–Kier alpha value is -0.890. The van der Waals surface area contributed by atoms with Gasteiger partial charge in [-0.25, -0.2) is 0 Å². The summed E-state index contributed by atoms with van der Waals surface area (Å²) >= 11 is 0. The Morgan fingerprint density at radius 2 is 2.35 bits per heavy atom. The average molecular weight is 234 g/mol. The van der Waals surface area contributed by atoms with E-state index in [2.05, 4.69) is 20.4 Å². The number of ketones is 1. The van der Waals surface area contributed by atoms with E-state index in [4.69, 9.17) is 0 Å². The molecule has 0 saturated heterocycles. The van der Waals surface area contributed by atoms with Crippen LogP contribution >= 0.6 is 0 Å². The zero-order chi connectivity index (χ0) is 12.6. The number of carbonyl (C=O) groups excluding carboxylic acids is 1. The van der Waals surface area contributed by atoms with E-state index in [1.165, 1.54) is 5.57 Å². The fourth-order valence-electron chi connectivity index (χ4n) is 3.69. The summed E-state index contributed by atoms with van der Waals surface area (Å²) in [7, 11) is 0. The van der Waals surface area contributed by atoms with Crippen LogP contribution in [0.4, 0.5) is 0 Å². The maximum absolute atomic E-state index is 11.6. The van der Waals surface area contributed by atoms with E-state index in [0.29, 0.717) is 18.3 Å². The summed E-state index contributed by atoms with van der Waals surface area (Å²) in [5.74, 6) is 1.13. The quantitative estimate of drug-likeness (QED) is 0.746. The highest BCUT2D eigenvalue weighted by Crippen LogP contribution is 2.55. The molecule has 0 aromatic rings. The first-order chi connectivity index (χ1) is 7.99. The second kappa shape index (κ2) is 4.41. The van der Waals surface area contributed by atoms with E-state index in [0.717, 1.165) is 24.8 Å². The van der Waals surface area contributed by atoms with Crippen LogP contribution in [-0.2, 0) is 4.79 Å². The minimum Gasteiger partial charge on any atom is -0.392 e. The lowest BCUT2D eigenvalue weighted by molar-refractivity contribution is -0.117. The van der Waals surface area contributed by atoms with Gasteiger partial charge in [-0.1, -0.05) is 19.1 Å². The minimum atomic E-state index is 0.0941. The maximum atomic E-state index is 11.6. The number of carbonyl (C=O) groups is 1. The third-order valence-electron chi connectivity index (χ3n) is 4.94. The highest BCUT2D eigenvalue weighted by Gasteiger charge is 2.47. The van der Waals surface area contributed by atoms with Crippen molar-refractivity contribution in [2.24, 2.45) is 17.3 Å². The monoisotopic (exact) mass is 234 g/mol. The van der Waals surface area contributed by atoms with Crippen molar-refractivity contribution in [3.05, 3.63) is 23.8 Å². The number of rotatable bonds is 2. The summed E-state index contributed by atoms with van der Waals surface area (Å²) in [6, 6.07) is 0. The molecule has 0 heterocycles.